The number of aliphatic imine (C=N–C) groups is 1. The maximum Gasteiger partial charge on any atom is 0.225 e. The Balaban J connectivity index is 0.00000341. The van der Waals surface area contributed by atoms with Gasteiger partial charge in [0, 0.05) is 65.1 Å². The Labute approximate surface area is 200 Å². The summed E-state index contributed by atoms with van der Waals surface area (Å²) in [6.07, 6.45) is 3.90. The largest absolute Gasteiger partial charge is 0.497 e. The van der Waals surface area contributed by atoms with E-state index in [1.165, 1.54) is 0 Å². The zero-order valence-corrected chi connectivity index (χ0v) is 20.3. The molecule has 168 valence electrons. The SMILES string of the molecule is CN=C(NCCC(=O)N1CCN(c2ncccn2)CC1)NCc1ccc(OC)cc1.I. The van der Waals surface area contributed by atoms with Crippen LogP contribution in [0.5, 0.6) is 5.75 Å². The number of piperazine rings is 1. The first kappa shape index (κ1) is 24.6. The molecule has 0 unspecified atom stereocenters. The minimum atomic E-state index is 0. The van der Waals surface area contributed by atoms with Crippen LogP contribution in [0.15, 0.2) is 47.7 Å². The van der Waals surface area contributed by atoms with E-state index in [4.69, 9.17) is 4.74 Å². The molecule has 0 aliphatic carbocycles. The van der Waals surface area contributed by atoms with Gasteiger partial charge in [-0.2, -0.15) is 0 Å². The molecule has 1 fully saturated rings. The highest BCUT2D eigenvalue weighted by atomic mass is 127. The van der Waals surface area contributed by atoms with Gasteiger partial charge in [0.05, 0.1) is 7.11 Å². The van der Waals surface area contributed by atoms with Crippen molar-refractivity contribution in [3.8, 4) is 5.75 Å². The Kier molecular flexibility index (Phi) is 10.3. The van der Waals surface area contributed by atoms with Crippen LogP contribution in [-0.4, -0.2) is 73.6 Å². The maximum absolute atomic E-state index is 12.5. The summed E-state index contributed by atoms with van der Waals surface area (Å²) >= 11 is 0. The molecule has 0 saturated carbocycles. The van der Waals surface area contributed by atoms with Gasteiger partial charge in [-0.15, -0.1) is 24.0 Å². The molecule has 1 amide bonds. The van der Waals surface area contributed by atoms with E-state index in [1.54, 1.807) is 32.6 Å². The van der Waals surface area contributed by atoms with Crippen LogP contribution in [0.25, 0.3) is 0 Å². The van der Waals surface area contributed by atoms with E-state index in [2.05, 4.69) is 30.5 Å². The van der Waals surface area contributed by atoms with Gasteiger partial charge in [0.25, 0.3) is 0 Å². The Hall–Kier alpha value is -2.63. The van der Waals surface area contributed by atoms with Crippen molar-refractivity contribution in [3.05, 3.63) is 48.3 Å². The van der Waals surface area contributed by atoms with Crippen molar-refractivity contribution in [3.63, 3.8) is 0 Å². The number of rotatable bonds is 7. The summed E-state index contributed by atoms with van der Waals surface area (Å²) in [4.78, 5) is 29.3. The van der Waals surface area contributed by atoms with Crippen LogP contribution in [0.3, 0.4) is 0 Å². The van der Waals surface area contributed by atoms with Crippen molar-refractivity contribution >= 4 is 41.8 Å². The second kappa shape index (κ2) is 12.9. The zero-order valence-electron chi connectivity index (χ0n) is 18.0. The van der Waals surface area contributed by atoms with Gasteiger partial charge in [-0.05, 0) is 23.8 Å². The van der Waals surface area contributed by atoms with Crippen LogP contribution in [0.1, 0.15) is 12.0 Å². The monoisotopic (exact) mass is 539 g/mol. The average molecular weight is 539 g/mol. The third kappa shape index (κ3) is 7.53. The molecule has 2 N–H and O–H groups in total. The third-order valence-corrected chi connectivity index (χ3v) is 4.94. The van der Waals surface area contributed by atoms with Gasteiger partial charge >= 0.3 is 0 Å². The summed E-state index contributed by atoms with van der Waals surface area (Å²) in [5.41, 5.74) is 1.12. The van der Waals surface area contributed by atoms with Gasteiger partial charge < -0.3 is 25.2 Å². The molecule has 1 aliphatic rings. The van der Waals surface area contributed by atoms with Gasteiger partial charge in [-0.1, -0.05) is 12.1 Å². The summed E-state index contributed by atoms with van der Waals surface area (Å²) in [5.74, 6) is 2.36. The molecule has 9 nitrogen and oxygen atoms in total. The van der Waals surface area contributed by atoms with Gasteiger partial charge in [-0.25, -0.2) is 9.97 Å². The van der Waals surface area contributed by atoms with Crippen LogP contribution in [0, 0.1) is 0 Å². The molecule has 0 atom stereocenters. The van der Waals surface area contributed by atoms with Gasteiger partial charge in [0.1, 0.15) is 5.75 Å². The third-order valence-electron chi connectivity index (χ3n) is 4.94. The second-order valence-corrected chi connectivity index (χ2v) is 6.87. The molecule has 1 aliphatic heterocycles. The lowest BCUT2D eigenvalue weighted by Gasteiger charge is -2.34. The molecule has 0 bridgehead atoms. The first-order valence-corrected chi connectivity index (χ1v) is 10.1. The number of aromatic nitrogens is 2. The molecule has 0 spiro atoms. The molecule has 31 heavy (non-hydrogen) atoms. The second-order valence-electron chi connectivity index (χ2n) is 6.87. The first-order valence-electron chi connectivity index (χ1n) is 10.1. The zero-order chi connectivity index (χ0) is 21.2. The Morgan fingerprint density at radius 3 is 2.39 bits per heavy atom. The summed E-state index contributed by atoms with van der Waals surface area (Å²) in [7, 11) is 3.37. The highest BCUT2D eigenvalue weighted by Crippen LogP contribution is 2.11. The molecule has 1 aromatic heterocycles. The molecule has 0 radical (unpaired) electrons. The van der Waals surface area contributed by atoms with E-state index in [-0.39, 0.29) is 29.9 Å². The molecule has 10 heteroatoms. The Bertz CT molecular complexity index is 825. The number of amides is 1. The topological polar surface area (TPSA) is 95.0 Å². The number of hydrogen-bond donors (Lipinski definition) is 2. The van der Waals surface area contributed by atoms with Crippen LogP contribution < -0.4 is 20.3 Å². The fourth-order valence-electron chi connectivity index (χ4n) is 3.21. The molecule has 2 aromatic rings. The number of ether oxygens (including phenoxy) is 1. The van der Waals surface area contributed by atoms with Crippen molar-refractivity contribution in [2.75, 3.05) is 51.8 Å². The number of carbonyl (C=O) groups excluding carboxylic acids is 1. The van der Waals surface area contributed by atoms with Crippen molar-refractivity contribution in [1.82, 2.24) is 25.5 Å². The summed E-state index contributed by atoms with van der Waals surface area (Å²) in [6.45, 7) is 4.02. The van der Waals surface area contributed by atoms with E-state index in [9.17, 15) is 4.79 Å². The fourth-order valence-corrected chi connectivity index (χ4v) is 3.21. The number of nitrogens with one attached hydrogen (secondary N) is 2. The number of benzene rings is 1. The van der Waals surface area contributed by atoms with E-state index in [0.717, 1.165) is 30.4 Å². The van der Waals surface area contributed by atoms with Crippen LogP contribution in [-0.2, 0) is 11.3 Å². The van der Waals surface area contributed by atoms with Crippen LogP contribution >= 0.6 is 24.0 Å². The quantitative estimate of drug-likeness (QED) is 0.313. The van der Waals surface area contributed by atoms with Crippen LogP contribution in [0.2, 0.25) is 0 Å². The van der Waals surface area contributed by atoms with Crippen molar-refractivity contribution < 1.29 is 9.53 Å². The summed E-state index contributed by atoms with van der Waals surface area (Å²) in [6, 6.07) is 9.66. The number of methoxy groups -OCH3 is 1. The van der Waals surface area contributed by atoms with E-state index in [0.29, 0.717) is 38.6 Å². The van der Waals surface area contributed by atoms with E-state index >= 15 is 0 Å². The molecule has 2 heterocycles. The minimum Gasteiger partial charge on any atom is -0.497 e. The Morgan fingerprint density at radius 1 is 1.10 bits per heavy atom. The molecule has 1 saturated heterocycles. The van der Waals surface area contributed by atoms with Crippen molar-refractivity contribution in [1.29, 1.82) is 0 Å². The minimum absolute atomic E-state index is 0. The maximum atomic E-state index is 12.5. The van der Waals surface area contributed by atoms with E-state index < -0.39 is 0 Å². The molecular weight excluding hydrogens is 509 g/mol. The number of nitrogens with zero attached hydrogens (tertiary/aromatic N) is 5. The number of carbonyl (C=O) groups is 1. The van der Waals surface area contributed by atoms with Crippen LogP contribution in [0.4, 0.5) is 5.95 Å². The highest BCUT2D eigenvalue weighted by molar-refractivity contribution is 14.0. The number of halogens is 1. The van der Waals surface area contributed by atoms with E-state index in [1.807, 2.05) is 29.2 Å². The predicted octanol–water partition coefficient (Wildman–Crippen LogP) is 1.51. The summed E-state index contributed by atoms with van der Waals surface area (Å²) in [5, 5.41) is 6.46. The molecule has 1 aromatic carbocycles. The van der Waals surface area contributed by atoms with Gasteiger partial charge in [0.15, 0.2) is 5.96 Å². The first-order chi connectivity index (χ1) is 14.7. The summed E-state index contributed by atoms with van der Waals surface area (Å²) < 4.78 is 5.17. The fraction of sp³-hybridized carbons (Fsp3) is 0.429. The highest BCUT2D eigenvalue weighted by Gasteiger charge is 2.22. The lowest BCUT2D eigenvalue weighted by molar-refractivity contribution is -0.131. The molecule has 3 rings (SSSR count). The molecular formula is C21H30IN7O2. The number of guanidine groups is 1. The standard InChI is InChI=1S/C21H29N7O2.HI/c1-22-20(26-16-17-4-6-18(30-2)7-5-17)23-11-8-19(29)27-12-14-28(15-13-27)21-24-9-3-10-25-21;/h3-7,9-10H,8,11-16H2,1-2H3,(H2,22,23,26);1H. The predicted molar refractivity (Wildman–Crippen MR) is 132 cm³/mol. The Morgan fingerprint density at radius 2 is 1.77 bits per heavy atom. The normalized spacial score (nSPS) is 13.9. The van der Waals surface area contributed by atoms with Crippen molar-refractivity contribution in [2.45, 2.75) is 13.0 Å². The smallest absolute Gasteiger partial charge is 0.225 e. The van der Waals surface area contributed by atoms with Gasteiger partial charge in [0.2, 0.25) is 11.9 Å². The average Bonchev–Trinajstić information content (AvgIpc) is 2.82. The van der Waals surface area contributed by atoms with Crippen molar-refractivity contribution in [2.24, 2.45) is 4.99 Å². The lowest BCUT2D eigenvalue weighted by Crippen LogP contribution is -2.50. The number of anilines is 1. The van der Waals surface area contributed by atoms with Gasteiger partial charge in [-0.3, -0.25) is 9.79 Å². The lowest BCUT2D eigenvalue weighted by atomic mass is 10.2. The number of hydrogen-bond acceptors (Lipinski definition) is 6.